The Balaban J connectivity index is 2.07. The van der Waals surface area contributed by atoms with Gasteiger partial charge in [-0.25, -0.2) is 0 Å². The number of hydrogen-bond donors (Lipinski definition) is 1. The highest BCUT2D eigenvalue weighted by Crippen LogP contribution is 2.29. The van der Waals surface area contributed by atoms with Gasteiger partial charge in [0.2, 0.25) is 0 Å². The van der Waals surface area contributed by atoms with Gasteiger partial charge >= 0.3 is 0 Å². The first kappa shape index (κ1) is 22.5. The summed E-state index contributed by atoms with van der Waals surface area (Å²) in [6, 6.07) is 16.3. The van der Waals surface area contributed by atoms with Crippen molar-refractivity contribution in [3.8, 4) is 23.6 Å². The quantitative estimate of drug-likeness (QED) is 0.370. The maximum absolute atomic E-state index is 12.1. The van der Waals surface area contributed by atoms with Crippen LogP contribution in [-0.4, -0.2) is 33.3 Å². The normalized spacial score (nSPS) is 10.6. The van der Waals surface area contributed by atoms with Crippen molar-refractivity contribution in [2.24, 2.45) is 0 Å². The zero-order valence-corrected chi connectivity index (χ0v) is 17.0. The maximum atomic E-state index is 12.1. The maximum Gasteiger partial charge on any atom is 0.261 e. The first-order valence-electron chi connectivity index (χ1n) is 9.30. The Morgan fingerprint density at radius 2 is 1.87 bits per heavy atom. The van der Waals surface area contributed by atoms with Crippen molar-refractivity contribution in [2.45, 2.75) is 13.0 Å². The van der Waals surface area contributed by atoms with Crippen LogP contribution in [0.4, 0.5) is 0 Å². The Morgan fingerprint density at radius 1 is 1.10 bits per heavy atom. The van der Waals surface area contributed by atoms with Crippen LogP contribution in [0.5, 0.6) is 11.5 Å². The van der Waals surface area contributed by atoms with E-state index in [-0.39, 0.29) is 5.57 Å². The summed E-state index contributed by atoms with van der Waals surface area (Å²) >= 11 is 0. The lowest BCUT2D eigenvalue weighted by molar-refractivity contribution is -0.117. The molecule has 2 rings (SSSR count). The van der Waals surface area contributed by atoms with Gasteiger partial charge in [-0.2, -0.15) is 10.5 Å². The number of rotatable bonds is 10. The molecule has 30 heavy (non-hydrogen) atoms. The zero-order valence-electron chi connectivity index (χ0n) is 17.0. The van der Waals surface area contributed by atoms with Gasteiger partial charge in [-0.15, -0.1) is 0 Å². The largest absolute Gasteiger partial charge is 0.493 e. The second-order valence-electron chi connectivity index (χ2n) is 6.28. The number of methoxy groups -OCH3 is 2. The molecule has 0 saturated carbocycles. The molecule has 0 spiro atoms. The topological polar surface area (TPSA) is 104 Å². The fourth-order valence-corrected chi connectivity index (χ4v) is 2.56. The number of carbonyl (C=O) groups is 1. The molecule has 0 aliphatic heterocycles. The van der Waals surface area contributed by atoms with E-state index >= 15 is 0 Å². The average Bonchev–Trinajstić information content (AvgIpc) is 2.79. The van der Waals surface area contributed by atoms with Crippen molar-refractivity contribution in [3.63, 3.8) is 0 Å². The molecule has 0 bridgehead atoms. The van der Waals surface area contributed by atoms with Gasteiger partial charge in [0, 0.05) is 20.3 Å². The van der Waals surface area contributed by atoms with E-state index in [4.69, 9.17) is 19.5 Å². The van der Waals surface area contributed by atoms with E-state index in [0.29, 0.717) is 48.8 Å². The van der Waals surface area contributed by atoms with Crippen LogP contribution in [0.2, 0.25) is 0 Å². The second kappa shape index (κ2) is 11.9. The molecule has 1 amide bonds. The number of hydrogen-bond acceptors (Lipinski definition) is 6. The fourth-order valence-electron chi connectivity index (χ4n) is 2.56. The molecule has 2 aromatic rings. The van der Waals surface area contributed by atoms with Crippen molar-refractivity contribution in [1.29, 1.82) is 10.5 Å². The summed E-state index contributed by atoms with van der Waals surface area (Å²) in [5.74, 6) is 0.574. The molecule has 0 saturated heterocycles. The van der Waals surface area contributed by atoms with E-state index in [1.165, 1.54) is 13.2 Å². The minimum absolute atomic E-state index is 0.000667. The van der Waals surface area contributed by atoms with Crippen LogP contribution < -0.4 is 14.8 Å². The monoisotopic (exact) mass is 405 g/mol. The molecule has 0 aromatic heterocycles. The van der Waals surface area contributed by atoms with Crippen LogP contribution in [0.1, 0.15) is 23.1 Å². The Morgan fingerprint density at radius 3 is 2.50 bits per heavy atom. The molecule has 7 heteroatoms. The van der Waals surface area contributed by atoms with Gasteiger partial charge in [0.25, 0.3) is 5.91 Å². The van der Waals surface area contributed by atoms with Crippen molar-refractivity contribution in [1.82, 2.24) is 5.32 Å². The fraction of sp³-hybridized carbons (Fsp3) is 0.261. The van der Waals surface area contributed by atoms with Crippen LogP contribution in [-0.2, 0) is 16.1 Å². The highest BCUT2D eigenvalue weighted by Gasteiger charge is 2.10. The SMILES string of the molecule is COCCCNC(=O)C(C#N)=Cc1ccc(OCc2ccc(C#N)cc2)c(OC)c1. The van der Waals surface area contributed by atoms with E-state index in [1.807, 2.05) is 18.2 Å². The lowest BCUT2D eigenvalue weighted by Crippen LogP contribution is -2.26. The van der Waals surface area contributed by atoms with Gasteiger partial charge in [0.1, 0.15) is 18.2 Å². The first-order chi connectivity index (χ1) is 14.6. The minimum atomic E-state index is -0.436. The van der Waals surface area contributed by atoms with Crippen molar-refractivity contribution >= 4 is 12.0 Å². The van der Waals surface area contributed by atoms with Crippen molar-refractivity contribution in [2.75, 3.05) is 27.4 Å². The Labute approximate surface area is 176 Å². The summed E-state index contributed by atoms with van der Waals surface area (Å²) in [7, 11) is 3.11. The number of nitrogens with zero attached hydrogens (tertiary/aromatic N) is 2. The number of amides is 1. The van der Waals surface area contributed by atoms with Crippen LogP contribution >= 0.6 is 0 Å². The number of carbonyl (C=O) groups excluding carboxylic acids is 1. The van der Waals surface area contributed by atoms with Crippen LogP contribution in [0.3, 0.4) is 0 Å². The third-order valence-corrected chi connectivity index (χ3v) is 4.15. The summed E-state index contributed by atoms with van der Waals surface area (Å²) in [6.45, 7) is 1.27. The molecule has 1 N–H and O–H groups in total. The highest BCUT2D eigenvalue weighted by atomic mass is 16.5. The zero-order chi connectivity index (χ0) is 21.8. The van der Waals surface area contributed by atoms with E-state index in [2.05, 4.69) is 11.4 Å². The van der Waals surface area contributed by atoms with Gasteiger partial charge in [-0.3, -0.25) is 4.79 Å². The summed E-state index contributed by atoms with van der Waals surface area (Å²) < 4.78 is 16.1. The summed E-state index contributed by atoms with van der Waals surface area (Å²) in [5.41, 5.74) is 2.14. The minimum Gasteiger partial charge on any atom is -0.493 e. The Kier molecular flexibility index (Phi) is 8.92. The van der Waals surface area contributed by atoms with Gasteiger partial charge in [0.15, 0.2) is 11.5 Å². The van der Waals surface area contributed by atoms with Gasteiger partial charge in [0.05, 0.1) is 18.7 Å². The van der Waals surface area contributed by atoms with Crippen LogP contribution in [0.25, 0.3) is 6.08 Å². The molecule has 0 unspecified atom stereocenters. The van der Waals surface area contributed by atoms with Crippen molar-refractivity contribution in [3.05, 3.63) is 64.7 Å². The third-order valence-electron chi connectivity index (χ3n) is 4.15. The highest BCUT2D eigenvalue weighted by molar-refractivity contribution is 6.01. The Bertz CT molecular complexity index is 969. The van der Waals surface area contributed by atoms with Gasteiger partial charge in [-0.05, 0) is 47.9 Å². The van der Waals surface area contributed by atoms with Crippen molar-refractivity contribution < 1.29 is 19.0 Å². The predicted octanol–water partition coefficient (Wildman–Crippen LogP) is 3.21. The molecule has 0 fully saturated rings. The predicted molar refractivity (Wildman–Crippen MR) is 112 cm³/mol. The third kappa shape index (κ3) is 6.66. The molecule has 7 nitrogen and oxygen atoms in total. The molecule has 0 atom stereocenters. The molecular weight excluding hydrogens is 382 g/mol. The molecular formula is C23H23N3O4. The lowest BCUT2D eigenvalue weighted by atomic mass is 10.1. The Hall–Kier alpha value is -3.81. The molecule has 154 valence electrons. The molecule has 2 aromatic carbocycles. The van der Waals surface area contributed by atoms with Crippen LogP contribution in [0, 0.1) is 22.7 Å². The van der Waals surface area contributed by atoms with E-state index < -0.39 is 5.91 Å². The number of nitriles is 2. The smallest absolute Gasteiger partial charge is 0.261 e. The van der Waals surface area contributed by atoms with Gasteiger partial charge in [-0.1, -0.05) is 18.2 Å². The number of benzene rings is 2. The van der Waals surface area contributed by atoms with Gasteiger partial charge < -0.3 is 19.5 Å². The standard InChI is InChI=1S/C23H23N3O4/c1-28-11-3-10-26-23(27)20(15-25)12-19-8-9-21(22(13-19)29-2)30-16-18-6-4-17(14-24)5-7-18/h4-9,12-13H,3,10-11,16H2,1-2H3,(H,26,27). The second-order valence-corrected chi connectivity index (χ2v) is 6.28. The molecule has 0 aliphatic rings. The molecule has 0 heterocycles. The average molecular weight is 405 g/mol. The van der Waals surface area contributed by atoms with Crippen LogP contribution in [0.15, 0.2) is 48.0 Å². The number of nitrogens with one attached hydrogen (secondary N) is 1. The number of ether oxygens (including phenoxy) is 3. The lowest BCUT2D eigenvalue weighted by Gasteiger charge is -2.12. The molecule has 0 aliphatic carbocycles. The summed E-state index contributed by atoms with van der Waals surface area (Å²) in [4.78, 5) is 12.1. The summed E-state index contributed by atoms with van der Waals surface area (Å²) in [5, 5.41) is 20.9. The van der Waals surface area contributed by atoms with E-state index in [0.717, 1.165) is 5.56 Å². The molecule has 0 radical (unpaired) electrons. The summed E-state index contributed by atoms with van der Waals surface area (Å²) in [6.07, 6.45) is 2.17. The van der Waals surface area contributed by atoms with E-state index in [1.54, 1.807) is 37.4 Å². The first-order valence-corrected chi connectivity index (χ1v) is 9.30. The van der Waals surface area contributed by atoms with E-state index in [9.17, 15) is 10.1 Å².